The number of nitrogens with one attached hydrogen (secondary N) is 2. The minimum absolute atomic E-state index is 0.163. The number of benzene rings is 1. The number of rotatable bonds is 7. The maximum absolute atomic E-state index is 12.8. The van der Waals surface area contributed by atoms with E-state index < -0.39 is 0 Å². The van der Waals surface area contributed by atoms with Gasteiger partial charge in [0.25, 0.3) is 5.91 Å². The van der Waals surface area contributed by atoms with Crippen LogP contribution in [0.15, 0.2) is 59.3 Å². The Morgan fingerprint density at radius 2 is 2.00 bits per heavy atom. The fourth-order valence-corrected chi connectivity index (χ4v) is 5.90. The van der Waals surface area contributed by atoms with Gasteiger partial charge in [0, 0.05) is 22.9 Å². The Balaban J connectivity index is 1.37. The van der Waals surface area contributed by atoms with Crippen molar-refractivity contribution >= 4 is 28.6 Å². The molecule has 5 heteroatoms. The predicted octanol–water partition coefficient (Wildman–Crippen LogP) is 3.48. The number of carbonyl (C=O) groups is 1. The van der Waals surface area contributed by atoms with Gasteiger partial charge in [0.15, 0.2) is 6.54 Å². The molecule has 0 radical (unpaired) electrons. The van der Waals surface area contributed by atoms with Crippen LogP contribution in [-0.4, -0.2) is 25.0 Å². The van der Waals surface area contributed by atoms with Gasteiger partial charge in [-0.3, -0.25) is 4.79 Å². The van der Waals surface area contributed by atoms with Gasteiger partial charge in [-0.15, -0.1) is 22.7 Å². The second-order valence-corrected chi connectivity index (χ2v) is 9.56. The standard InChI is InChI=1S/C23H26N2OS2/c1-17(9-10-18-6-3-2-4-7-18)24-22(26)16-25-13-11-20-19(12-15-28-20)23(25)21-8-5-14-27-21/h2-8,12,14-15,17,23H,9-11,13,16H2,1H3,(H,24,26)/p+1/t17-,23+/m0/s1. The number of hydrogen-bond donors (Lipinski definition) is 2. The Kier molecular flexibility index (Phi) is 6.25. The van der Waals surface area contributed by atoms with E-state index in [9.17, 15) is 4.79 Å². The normalized spacial score (nSPS) is 19.8. The van der Waals surface area contributed by atoms with E-state index in [2.05, 4.69) is 65.5 Å². The molecule has 0 spiro atoms. The molecular weight excluding hydrogens is 384 g/mol. The summed E-state index contributed by atoms with van der Waals surface area (Å²) in [5.41, 5.74) is 2.74. The Bertz CT molecular complexity index is 888. The molecule has 2 aromatic heterocycles. The molecule has 0 aliphatic carbocycles. The third kappa shape index (κ3) is 4.54. The molecule has 4 rings (SSSR count). The van der Waals surface area contributed by atoms with Crippen molar-refractivity contribution in [2.45, 2.75) is 38.3 Å². The van der Waals surface area contributed by atoms with Crippen molar-refractivity contribution < 1.29 is 9.69 Å². The monoisotopic (exact) mass is 411 g/mol. The number of amides is 1. The van der Waals surface area contributed by atoms with E-state index in [1.165, 1.54) is 25.8 Å². The van der Waals surface area contributed by atoms with Crippen LogP contribution < -0.4 is 10.2 Å². The number of thiophene rings is 2. The SMILES string of the molecule is C[C@@H](CCc1ccccc1)NC(=O)C[NH+]1CCc2sccc2[C@@H]1c1cccs1. The van der Waals surface area contributed by atoms with E-state index in [1.807, 2.05) is 17.4 Å². The second kappa shape index (κ2) is 9.03. The first-order valence-corrected chi connectivity index (χ1v) is 11.7. The van der Waals surface area contributed by atoms with Gasteiger partial charge in [-0.1, -0.05) is 36.4 Å². The van der Waals surface area contributed by atoms with E-state index in [0.29, 0.717) is 12.6 Å². The van der Waals surface area contributed by atoms with Crippen molar-refractivity contribution in [3.8, 4) is 0 Å². The fraction of sp³-hybridized carbons (Fsp3) is 0.348. The summed E-state index contributed by atoms with van der Waals surface area (Å²) in [6.07, 6.45) is 3.03. The van der Waals surface area contributed by atoms with E-state index in [-0.39, 0.29) is 11.9 Å². The largest absolute Gasteiger partial charge is 0.349 e. The fourth-order valence-electron chi connectivity index (χ4n) is 4.08. The molecule has 3 heterocycles. The van der Waals surface area contributed by atoms with Crippen LogP contribution in [0.25, 0.3) is 0 Å². The van der Waals surface area contributed by atoms with Crippen LogP contribution in [0.5, 0.6) is 0 Å². The Morgan fingerprint density at radius 3 is 2.79 bits per heavy atom. The Hall–Kier alpha value is -1.95. The van der Waals surface area contributed by atoms with Gasteiger partial charge in [-0.2, -0.15) is 0 Å². The molecule has 0 bridgehead atoms. The smallest absolute Gasteiger partial charge is 0.275 e. The first-order chi connectivity index (χ1) is 13.7. The molecule has 1 aliphatic rings. The van der Waals surface area contributed by atoms with Crippen LogP contribution in [0.4, 0.5) is 0 Å². The van der Waals surface area contributed by atoms with Gasteiger partial charge in [0.05, 0.1) is 11.4 Å². The van der Waals surface area contributed by atoms with Crippen molar-refractivity contribution in [2.75, 3.05) is 13.1 Å². The van der Waals surface area contributed by atoms with Gasteiger partial charge in [0.2, 0.25) is 0 Å². The van der Waals surface area contributed by atoms with Gasteiger partial charge < -0.3 is 10.2 Å². The van der Waals surface area contributed by atoms with Crippen LogP contribution in [0, 0.1) is 0 Å². The summed E-state index contributed by atoms with van der Waals surface area (Å²) in [7, 11) is 0. The number of fused-ring (bicyclic) bond motifs is 1. The van der Waals surface area contributed by atoms with Gasteiger partial charge in [0.1, 0.15) is 6.04 Å². The van der Waals surface area contributed by atoms with E-state index in [1.54, 1.807) is 11.3 Å². The number of hydrogen-bond acceptors (Lipinski definition) is 3. The third-order valence-corrected chi connectivity index (χ3v) is 7.44. The lowest BCUT2D eigenvalue weighted by molar-refractivity contribution is -0.919. The van der Waals surface area contributed by atoms with Crippen molar-refractivity contribution in [3.05, 3.63) is 80.2 Å². The van der Waals surface area contributed by atoms with E-state index >= 15 is 0 Å². The molecule has 3 atom stereocenters. The van der Waals surface area contributed by atoms with Crippen molar-refractivity contribution in [3.63, 3.8) is 0 Å². The lowest BCUT2D eigenvalue weighted by Gasteiger charge is -2.32. The van der Waals surface area contributed by atoms with Crippen LogP contribution in [0.2, 0.25) is 0 Å². The van der Waals surface area contributed by atoms with Crippen LogP contribution in [0.3, 0.4) is 0 Å². The molecule has 0 fully saturated rings. The molecule has 2 N–H and O–H groups in total. The molecule has 146 valence electrons. The minimum atomic E-state index is 0.163. The highest BCUT2D eigenvalue weighted by Gasteiger charge is 2.35. The highest BCUT2D eigenvalue weighted by molar-refractivity contribution is 7.10. The molecule has 1 aromatic carbocycles. The first-order valence-electron chi connectivity index (χ1n) is 9.98. The zero-order chi connectivity index (χ0) is 19.3. The summed E-state index contributed by atoms with van der Waals surface area (Å²) < 4.78 is 0. The zero-order valence-corrected chi connectivity index (χ0v) is 17.8. The second-order valence-electron chi connectivity index (χ2n) is 7.58. The third-order valence-electron chi connectivity index (χ3n) is 5.50. The number of carbonyl (C=O) groups excluding carboxylic acids is 1. The molecule has 0 saturated carbocycles. The lowest BCUT2D eigenvalue weighted by Crippen LogP contribution is -3.14. The Labute approximate surface area is 175 Å². The predicted molar refractivity (Wildman–Crippen MR) is 117 cm³/mol. The average molecular weight is 412 g/mol. The zero-order valence-electron chi connectivity index (χ0n) is 16.2. The molecule has 3 aromatic rings. The number of aryl methyl sites for hydroxylation is 1. The molecule has 1 unspecified atom stereocenters. The van der Waals surface area contributed by atoms with E-state index in [0.717, 1.165) is 25.8 Å². The quantitative estimate of drug-likeness (QED) is 0.613. The minimum Gasteiger partial charge on any atom is -0.349 e. The first kappa shape index (κ1) is 19.4. The van der Waals surface area contributed by atoms with Crippen LogP contribution >= 0.6 is 22.7 Å². The molecule has 0 saturated heterocycles. The van der Waals surface area contributed by atoms with Crippen molar-refractivity contribution in [1.82, 2.24) is 5.32 Å². The maximum Gasteiger partial charge on any atom is 0.275 e. The number of quaternary nitrogens is 1. The molecule has 3 nitrogen and oxygen atoms in total. The molecular formula is C23H27N2OS2+. The summed E-state index contributed by atoms with van der Waals surface area (Å²) in [6, 6.07) is 17.5. The Morgan fingerprint density at radius 1 is 1.14 bits per heavy atom. The van der Waals surface area contributed by atoms with Crippen molar-refractivity contribution in [1.29, 1.82) is 0 Å². The topological polar surface area (TPSA) is 33.5 Å². The molecule has 1 aliphatic heterocycles. The van der Waals surface area contributed by atoms with Gasteiger partial charge >= 0.3 is 0 Å². The summed E-state index contributed by atoms with van der Waals surface area (Å²) in [5.74, 6) is 0.163. The maximum atomic E-state index is 12.8. The highest BCUT2D eigenvalue weighted by Crippen LogP contribution is 2.31. The summed E-state index contributed by atoms with van der Waals surface area (Å²) in [5, 5.41) is 7.56. The van der Waals surface area contributed by atoms with Crippen LogP contribution in [0.1, 0.15) is 40.3 Å². The highest BCUT2D eigenvalue weighted by atomic mass is 32.1. The van der Waals surface area contributed by atoms with Gasteiger partial charge in [-0.05, 0) is 48.2 Å². The van der Waals surface area contributed by atoms with Crippen molar-refractivity contribution in [2.24, 2.45) is 0 Å². The summed E-state index contributed by atoms with van der Waals surface area (Å²) in [4.78, 5) is 17.0. The summed E-state index contributed by atoms with van der Waals surface area (Å²) in [6.45, 7) is 3.66. The van der Waals surface area contributed by atoms with Gasteiger partial charge in [-0.25, -0.2) is 0 Å². The average Bonchev–Trinajstić information content (AvgIpc) is 3.39. The molecule has 28 heavy (non-hydrogen) atoms. The molecule has 1 amide bonds. The van der Waals surface area contributed by atoms with E-state index in [4.69, 9.17) is 0 Å². The lowest BCUT2D eigenvalue weighted by atomic mass is 9.98. The van der Waals surface area contributed by atoms with Crippen LogP contribution in [-0.2, 0) is 17.6 Å². The summed E-state index contributed by atoms with van der Waals surface area (Å²) >= 11 is 3.65.